The molecule has 0 aliphatic heterocycles. The van der Waals surface area contributed by atoms with Gasteiger partial charge in [0.1, 0.15) is 5.56 Å². The first kappa shape index (κ1) is 12.9. The van der Waals surface area contributed by atoms with E-state index in [0.29, 0.717) is 22.2 Å². The third-order valence-electron chi connectivity index (χ3n) is 2.49. The van der Waals surface area contributed by atoms with E-state index in [1.807, 2.05) is 16.8 Å². The zero-order chi connectivity index (χ0) is 13.1. The van der Waals surface area contributed by atoms with Gasteiger partial charge in [-0.25, -0.2) is 0 Å². The van der Waals surface area contributed by atoms with Crippen LogP contribution in [-0.4, -0.2) is 5.91 Å². The SMILES string of the molecule is NC(=O)c1ccc[n+](Cc2ccc(Cl)c(Cl)c2)c1. The lowest BCUT2D eigenvalue weighted by Gasteiger charge is -2.01. The predicted octanol–water partition coefficient (Wildman–Crippen LogP) is 2.43. The molecule has 2 N–H and O–H groups in total. The van der Waals surface area contributed by atoms with Crippen molar-refractivity contribution in [2.75, 3.05) is 0 Å². The van der Waals surface area contributed by atoms with Crippen molar-refractivity contribution in [3.8, 4) is 0 Å². The Morgan fingerprint density at radius 1 is 1.22 bits per heavy atom. The minimum Gasteiger partial charge on any atom is -0.365 e. The summed E-state index contributed by atoms with van der Waals surface area (Å²) < 4.78 is 1.86. The van der Waals surface area contributed by atoms with Crippen LogP contribution in [0.4, 0.5) is 0 Å². The summed E-state index contributed by atoms with van der Waals surface area (Å²) in [6, 6.07) is 8.88. The second kappa shape index (κ2) is 5.38. The molecule has 92 valence electrons. The third kappa shape index (κ3) is 3.00. The lowest BCUT2D eigenvalue weighted by Crippen LogP contribution is -2.35. The summed E-state index contributed by atoms with van der Waals surface area (Å²) in [5.41, 5.74) is 6.70. The number of carbonyl (C=O) groups is 1. The maximum Gasteiger partial charge on any atom is 0.254 e. The van der Waals surface area contributed by atoms with Gasteiger partial charge in [-0.05, 0) is 18.2 Å². The quantitative estimate of drug-likeness (QED) is 0.863. The molecule has 0 atom stereocenters. The summed E-state index contributed by atoms with van der Waals surface area (Å²) in [5.74, 6) is -0.446. The highest BCUT2D eigenvalue weighted by atomic mass is 35.5. The number of nitrogens with zero attached hydrogens (tertiary/aromatic N) is 1. The molecule has 0 saturated heterocycles. The average Bonchev–Trinajstić information content (AvgIpc) is 2.34. The molecule has 0 aliphatic rings. The molecule has 0 fully saturated rings. The number of rotatable bonds is 3. The van der Waals surface area contributed by atoms with Crippen LogP contribution in [0.3, 0.4) is 0 Å². The van der Waals surface area contributed by atoms with Crippen molar-refractivity contribution in [3.05, 3.63) is 63.9 Å². The largest absolute Gasteiger partial charge is 0.365 e. The number of hydrogen-bond donors (Lipinski definition) is 1. The predicted molar refractivity (Wildman–Crippen MR) is 70.7 cm³/mol. The normalized spacial score (nSPS) is 10.3. The molecule has 1 aromatic heterocycles. The Bertz CT molecular complexity index is 599. The fourth-order valence-electron chi connectivity index (χ4n) is 1.61. The summed E-state index contributed by atoms with van der Waals surface area (Å²) in [6.45, 7) is 0.595. The minimum atomic E-state index is -0.446. The molecule has 0 bridgehead atoms. The lowest BCUT2D eigenvalue weighted by molar-refractivity contribution is -0.688. The van der Waals surface area contributed by atoms with Crippen molar-refractivity contribution >= 4 is 29.1 Å². The number of aromatic nitrogens is 1. The van der Waals surface area contributed by atoms with Gasteiger partial charge >= 0.3 is 0 Å². The molecule has 1 aromatic carbocycles. The summed E-state index contributed by atoms with van der Waals surface area (Å²) >= 11 is 11.8. The van der Waals surface area contributed by atoms with Crippen LogP contribution in [0.5, 0.6) is 0 Å². The van der Waals surface area contributed by atoms with Gasteiger partial charge in [-0.2, -0.15) is 4.57 Å². The van der Waals surface area contributed by atoms with Crippen LogP contribution >= 0.6 is 23.2 Å². The van der Waals surface area contributed by atoms with Crippen LogP contribution in [0.1, 0.15) is 15.9 Å². The van der Waals surface area contributed by atoms with Gasteiger partial charge in [0.15, 0.2) is 18.9 Å². The third-order valence-corrected chi connectivity index (χ3v) is 3.23. The minimum absolute atomic E-state index is 0.446. The fraction of sp³-hybridized carbons (Fsp3) is 0.0769. The number of carbonyl (C=O) groups excluding carboxylic acids is 1. The molecule has 0 aliphatic carbocycles. The van der Waals surface area contributed by atoms with Crippen molar-refractivity contribution in [2.45, 2.75) is 6.54 Å². The number of halogens is 2. The molecule has 1 heterocycles. The highest BCUT2D eigenvalue weighted by Crippen LogP contribution is 2.22. The Balaban J connectivity index is 2.25. The number of primary amides is 1. The van der Waals surface area contributed by atoms with Crippen molar-refractivity contribution < 1.29 is 9.36 Å². The molecule has 18 heavy (non-hydrogen) atoms. The van der Waals surface area contributed by atoms with Gasteiger partial charge in [-0.3, -0.25) is 4.79 Å². The van der Waals surface area contributed by atoms with Crippen LogP contribution in [-0.2, 0) is 6.54 Å². The average molecular weight is 282 g/mol. The van der Waals surface area contributed by atoms with Crippen LogP contribution in [0.25, 0.3) is 0 Å². The number of hydrogen-bond acceptors (Lipinski definition) is 1. The van der Waals surface area contributed by atoms with E-state index in [0.717, 1.165) is 5.56 Å². The van der Waals surface area contributed by atoms with E-state index in [2.05, 4.69) is 0 Å². The van der Waals surface area contributed by atoms with E-state index in [4.69, 9.17) is 28.9 Å². The smallest absolute Gasteiger partial charge is 0.254 e. The van der Waals surface area contributed by atoms with Gasteiger partial charge in [0.25, 0.3) is 5.91 Å². The first-order chi connectivity index (χ1) is 8.56. The molecule has 1 amide bonds. The molecule has 0 spiro atoms. The van der Waals surface area contributed by atoms with E-state index in [1.54, 1.807) is 30.5 Å². The van der Waals surface area contributed by atoms with Gasteiger partial charge < -0.3 is 5.73 Å². The Morgan fingerprint density at radius 3 is 2.67 bits per heavy atom. The molecular weight excluding hydrogens is 271 g/mol. The van der Waals surface area contributed by atoms with Crippen molar-refractivity contribution in [3.63, 3.8) is 0 Å². The Labute approximate surface area is 115 Å². The van der Waals surface area contributed by atoms with E-state index in [9.17, 15) is 4.79 Å². The molecular formula is C13H11Cl2N2O+. The van der Waals surface area contributed by atoms with Crippen molar-refractivity contribution in [1.82, 2.24) is 0 Å². The van der Waals surface area contributed by atoms with Crippen LogP contribution in [0.2, 0.25) is 10.0 Å². The molecule has 3 nitrogen and oxygen atoms in total. The zero-order valence-corrected chi connectivity index (χ0v) is 10.9. The summed E-state index contributed by atoms with van der Waals surface area (Å²) in [4.78, 5) is 11.1. The lowest BCUT2D eigenvalue weighted by atomic mass is 10.2. The second-order valence-corrected chi connectivity index (χ2v) is 4.69. The Morgan fingerprint density at radius 2 is 2.00 bits per heavy atom. The highest BCUT2D eigenvalue weighted by Gasteiger charge is 2.09. The van der Waals surface area contributed by atoms with Crippen LogP contribution in [0, 0.1) is 0 Å². The molecule has 5 heteroatoms. The molecule has 0 saturated carbocycles. The highest BCUT2D eigenvalue weighted by molar-refractivity contribution is 6.42. The van der Waals surface area contributed by atoms with Crippen LogP contribution < -0.4 is 10.3 Å². The van der Waals surface area contributed by atoms with Gasteiger partial charge in [0.2, 0.25) is 0 Å². The molecule has 0 radical (unpaired) electrons. The topological polar surface area (TPSA) is 47.0 Å². The number of pyridine rings is 1. The molecule has 2 rings (SSSR count). The van der Waals surface area contributed by atoms with E-state index >= 15 is 0 Å². The van der Waals surface area contributed by atoms with E-state index < -0.39 is 5.91 Å². The summed E-state index contributed by atoms with van der Waals surface area (Å²) in [5, 5.41) is 1.04. The monoisotopic (exact) mass is 281 g/mol. The first-order valence-electron chi connectivity index (χ1n) is 5.29. The Hall–Kier alpha value is -1.58. The fourth-order valence-corrected chi connectivity index (χ4v) is 1.94. The number of amides is 1. The van der Waals surface area contributed by atoms with Crippen LogP contribution in [0.15, 0.2) is 42.7 Å². The summed E-state index contributed by atoms with van der Waals surface area (Å²) in [6.07, 6.45) is 3.56. The summed E-state index contributed by atoms with van der Waals surface area (Å²) in [7, 11) is 0. The van der Waals surface area contributed by atoms with Gasteiger partial charge in [0.05, 0.1) is 10.0 Å². The van der Waals surface area contributed by atoms with Gasteiger partial charge in [-0.15, -0.1) is 0 Å². The molecule has 2 aromatic rings. The zero-order valence-electron chi connectivity index (χ0n) is 9.44. The van der Waals surface area contributed by atoms with E-state index in [1.165, 1.54) is 0 Å². The maximum atomic E-state index is 11.1. The second-order valence-electron chi connectivity index (χ2n) is 3.88. The van der Waals surface area contributed by atoms with Gasteiger partial charge in [-0.1, -0.05) is 29.3 Å². The molecule has 0 unspecified atom stereocenters. The maximum absolute atomic E-state index is 11.1. The standard InChI is InChI=1S/C13H10Cl2N2O/c14-11-4-3-9(6-12(11)15)7-17-5-1-2-10(8-17)13(16)18/h1-6,8H,7H2,(H-,16,18)/p+1. The van der Waals surface area contributed by atoms with Gasteiger partial charge in [0, 0.05) is 11.6 Å². The number of benzene rings is 1. The number of nitrogens with two attached hydrogens (primary N) is 1. The first-order valence-corrected chi connectivity index (χ1v) is 6.04. The van der Waals surface area contributed by atoms with E-state index in [-0.39, 0.29) is 0 Å². The van der Waals surface area contributed by atoms with Crippen molar-refractivity contribution in [2.24, 2.45) is 5.73 Å². The van der Waals surface area contributed by atoms with Crippen molar-refractivity contribution in [1.29, 1.82) is 0 Å². The Kier molecular flexibility index (Phi) is 3.84.